The van der Waals surface area contributed by atoms with Gasteiger partial charge in [-0.2, -0.15) is 0 Å². The molecule has 0 bridgehead atoms. The van der Waals surface area contributed by atoms with Gasteiger partial charge in [0.1, 0.15) is 0 Å². The average Bonchev–Trinajstić information content (AvgIpc) is 2.33. The van der Waals surface area contributed by atoms with E-state index in [1.165, 1.54) is 0 Å². The molecule has 2 amide bonds. The molecule has 0 fully saturated rings. The molecule has 7 heteroatoms. The number of carbonyl (C=O) groups excluding carboxylic acids is 1. The number of hydrogen-bond donors (Lipinski definition) is 4. The second-order valence-corrected chi connectivity index (χ2v) is 5.19. The van der Waals surface area contributed by atoms with Crippen LogP contribution in [0, 0.1) is 13.8 Å². The first kappa shape index (κ1) is 16.3. The number of hydrogen-bond acceptors (Lipinski definition) is 3. The van der Waals surface area contributed by atoms with E-state index in [9.17, 15) is 14.7 Å². The molecule has 0 aliphatic heterocycles. The monoisotopic (exact) mass is 300 g/mol. The number of urea groups is 1. The maximum atomic E-state index is 11.6. The summed E-state index contributed by atoms with van der Waals surface area (Å²) < 4.78 is 0. The maximum absolute atomic E-state index is 11.6. The lowest BCUT2D eigenvalue weighted by Gasteiger charge is -2.18. The smallest absolute Gasteiger partial charge is 0.337 e. The average molecular weight is 301 g/mol. The summed E-state index contributed by atoms with van der Waals surface area (Å²) >= 11 is 6.02. The number of nitrogens with one attached hydrogen (secondary N) is 2. The van der Waals surface area contributed by atoms with Gasteiger partial charge < -0.3 is 20.8 Å². The topological polar surface area (TPSA) is 98.7 Å². The fourth-order valence-electron chi connectivity index (χ4n) is 1.52. The number of aryl methyl sites for hydroxylation is 2. The van der Waals surface area contributed by atoms with Gasteiger partial charge in [-0.15, -0.1) is 0 Å². The van der Waals surface area contributed by atoms with Crippen molar-refractivity contribution in [3.8, 4) is 0 Å². The molecule has 4 N–H and O–H groups in total. The highest BCUT2D eigenvalue weighted by Crippen LogP contribution is 2.24. The van der Waals surface area contributed by atoms with Crippen LogP contribution in [0.15, 0.2) is 12.1 Å². The van der Waals surface area contributed by atoms with Crippen LogP contribution in [-0.4, -0.2) is 34.4 Å². The normalized spacial score (nSPS) is 13.4. The van der Waals surface area contributed by atoms with Gasteiger partial charge in [-0.3, -0.25) is 0 Å². The summed E-state index contributed by atoms with van der Waals surface area (Å²) in [7, 11) is 0. The van der Waals surface area contributed by atoms with Gasteiger partial charge in [0.05, 0.1) is 6.54 Å². The number of halogens is 1. The number of carboxylic acids is 1. The van der Waals surface area contributed by atoms with Crippen molar-refractivity contribution in [2.24, 2.45) is 0 Å². The highest BCUT2D eigenvalue weighted by atomic mass is 35.5. The Kier molecular flexibility index (Phi) is 4.97. The van der Waals surface area contributed by atoms with E-state index in [-0.39, 0.29) is 0 Å². The van der Waals surface area contributed by atoms with Gasteiger partial charge in [0.25, 0.3) is 0 Å². The molecular formula is C13H17ClN2O4. The van der Waals surface area contributed by atoms with Gasteiger partial charge >= 0.3 is 12.0 Å². The van der Waals surface area contributed by atoms with Gasteiger partial charge in [0, 0.05) is 10.7 Å². The van der Waals surface area contributed by atoms with Crippen LogP contribution in [0.4, 0.5) is 10.5 Å². The van der Waals surface area contributed by atoms with Gasteiger partial charge in [-0.1, -0.05) is 11.6 Å². The minimum Gasteiger partial charge on any atom is -0.479 e. The van der Waals surface area contributed by atoms with Crippen LogP contribution in [0.25, 0.3) is 0 Å². The summed E-state index contributed by atoms with van der Waals surface area (Å²) in [5.41, 5.74) is 0.166. The molecule has 1 aromatic rings. The predicted octanol–water partition coefficient (Wildman–Crippen LogP) is 1.91. The van der Waals surface area contributed by atoms with Crippen molar-refractivity contribution in [2.75, 3.05) is 11.9 Å². The number of aliphatic hydroxyl groups is 1. The number of carbonyl (C=O) groups is 2. The second-order valence-electron chi connectivity index (χ2n) is 4.81. The fourth-order valence-corrected chi connectivity index (χ4v) is 1.63. The molecule has 0 aromatic heterocycles. The lowest BCUT2D eigenvalue weighted by molar-refractivity contribution is -0.155. The minimum absolute atomic E-state index is 0.403. The van der Waals surface area contributed by atoms with Crippen LogP contribution in [0.3, 0.4) is 0 Å². The standard InChI is InChI=1S/C13H17ClN2O4/c1-7-4-9(5-8(2)10(7)14)16-12(19)15-6-13(3,20)11(17)18/h4-5,20H,6H2,1-3H3,(H,17,18)(H2,15,16,19). The SMILES string of the molecule is Cc1cc(NC(=O)NCC(C)(O)C(=O)O)cc(C)c1Cl. The summed E-state index contributed by atoms with van der Waals surface area (Å²) in [6.07, 6.45) is 0. The Hall–Kier alpha value is -1.79. The molecule has 20 heavy (non-hydrogen) atoms. The van der Waals surface area contributed by atoms with E-state index in [1.54, 1.807) is 12.1 Å². The molecule has 6 nitrogen and oxygen atoms in total. The van der Waals surface area contributed by atoms with Crippen LogP contribution in [0.2, 0.25) is 5.02 Å². The Labute approximate surface area is 121 Å². The largest absolute Gasteiger partial charge is 0.479 e. The van der Waals surface area contributed by atoms with Crippen LogP contribution >= 0.6 is 11.6 Å². The van der Waals surface area contributed by atoms with E-state index in [0.29, 0.717) is 10.7 Å². The zero-order valence-corrected chi connectivity index (χ0v) is 12.2. The van der Waals surface area contributed by atoms with Gasteiger partial charge in [-0.05, 0) is 44.0 Å². The first-order valence-corrected chi connectivity index (χ1v) is 6.28. The third-order valence-corrected chi connectivity index (χ3v) is 3.34. The molecule has 110 valence electrons. The molecule has 0 aliphatic rings. The molecule has 1 atom stereocenters. The molecule has 0 radical (unpaired) electrons. The number of benzene rings is 1. The quantitative estimate of drug-likeness (QED) is 0.682. The van der Waals surface area contributed by atoms with E-state index in [4.69, 9.17) is 16.7 Å². The molecular weight excluding hydrogens is 284 g/mol. The van der Waals surface area contributed by atoms with Crippen molar-refractivity contribution in [1.29, 1.82) is 0 Å². The summed E-state index contributed by atoms with van der Waals surface area (Å²) in [4.78, 5) is 22.3. The summed E-state index contributed by atoms with van der Waals surface area (Å²) in [5, 5.41) is 23.7. The van der Waals surface area contributed by atoms with Crippen molar-refractivity contribution in [3.63, 3.8) is 0 Å². The van der Waals surface area contributed by atoms with Crippen LogP contribution in [0.5, 0.6) is 0 Å². The first-order valence-electron chi connectivity index (χ1n) is 5.91. The Balaban J connectivity index is 2.66. The molecule has 1 unspecified atom stereocenters. The fraction of sp³-hybridized carbons (Fsp3) is 0.385. The van der Waals surface area contributed by atoms with E-state index in [2.05, 4.69) is 10.6 Å². The van der Waals surface area contributed by atoms with Gasteiger partial charge in [0.2, 0.25) is 0 Å². The highest BCUT2D eigenvalue weighted by molar-refractivity contribution is 6.32. The van der Waals surface area contributed by atoms with Crippen LogP contribution in [-0.2, 0) is 4.79 Å². The van der Waals surface area contributed by atoms with Crippen LogP contribution in [0.1, 0.15) is 18.1 Å². The van der Waals surface area contributed by atoms with E-state index < -0.39 is 24.1 Å². The van der Waals surface area contributed by atoms with Crippen molar-refractivity contribution < 1.29 is 19.8 Å². The maximum Gasteiger partial charge on any atom is 0.337 e. The Morgan fingerprint density at radius 3 is 2.25 bits per heavy atom. The zero-order chi connectivity index (χ0) is 15.5. The van der Waals surface area contributed by atoms with Crippen molar-refractivity contribution in [3.05, 3.63) is 28.3 Å². The summed E-state index contributed by atoms with van der Waals surface area (Å²) in [5.74, 6) is -1.41. The third kappa shape index (κ3) is 4.11. The molecule has 1 aromatic carbocycles. The van der Waals surface area contributed by atoms with Gasteiger partial charge in [0.15, 0.2) is 5.60 Å². The second kappa shape index (κ2) is 6.11. The van der Waals surface area contributed by atoms with Crippen molar-refractivity contribution in [1.82, 2.24) is 5.32 Å². The Bertz CT molecular complexity index is 520. The lowest BCUT2D eigenvalue weighted by atomic mass is 10.1. The molecule has 0 aliphatic carbocycles. The number of aliphatic carboxylic acids is 1. The molecule has 0 spiro atoms. The van der Waals surface area contributed by atoms with Crippen molar-refractivity contribution >= 4 is 29.3 Å². The molecule has 0 saturated heterocycles. The lowest BCUT2D eigenvalue weighted by Crippen LogP contribution is -2.47. The van der Waals surface area contributed by atoms with E-state index in [1.807, 2.05) is 13.8 Å². The number of amides is 2. The predicted molar refractivity (Wildman–Crippen MR) is 76.2 cm³/mol. The molecule has 0 heterocycles. The minimum atomic E-state index is -2.01. The third-order valence-electron chi connectivity index (χ3n) is 2.75. The first-order chi connectivity index (χ1) is 9.13. The van der Waals surface area contributed by atoms with E-state index in [0.717, 1.165) is 18.1 Å². The number of anilines is 1. The zero-order valence-electron chi connectivity index (χ0n) is 11.5. The summed E-state index contributed by atoms with van der Waals surface area (Å²) in [6, 6.07) is 2.79. The number of rotatable bonds is 4. The number of carboxylic acid groups (broad SMARTS) is 1. The summed E-state index contributed by atoms with van der Waals surface area (Å²) in [6.45, 7) is 4.33. The molecule has 1 rings (SSSR count). The van der Waals surface area contributed by atoms with Crippen LogP contribution < -0.4 is 10.6 Å². The highest BCUT2D eigenvalue weighted by Gasteiger charge is 2.30. The molecule has 0 saturated carbocycles. The van der Waals surface area contributed by atoms with Crippen molar-refractivity contribution in [2.45, 2.75) is 26.4 Å². The Morgan fingerprint density at radius 2 is 1.80 bits per heavy atom. The Morgan fingerprint density at radius 1 is 1.30 bits per heavy atom. The van der Waals surface area contributed by atoms with Gasteiger partial charge in [-0.25, -0.2) is 9.59 Å². The van der Waals surface area contributed by atoms with E-state index >= 15 is 0 Å².